The fourth-order valence-electron chi connectivity index (χ4n) is 2.75. The van der Waals surface area contributed by atoms with Gasteiger partial charge >= 0.3 is 0 Å². The second kappa shape index (κ2) is 6.96. The van der Waals surface area contributed by atoms with Gasteiger partial charge in [-0.3, -0.25) is 0 Å². The van der Waals surface area contributed by atoms with Gasteiger partial charge in [0, 0.05) is 6.42 Å². The van der Waals surface area contributed by atoms with Gasteiger partial charge in [-0.1, -0.05) is 54.1 Å². The summed E-state index contributed by atoms with van der Waals surface area (Å²) < 4.78 is 28.0. The van der Waals surface area contributed by atoms with Crippen molar-refractivity contribution >= 4 is 0 Å². The Bertz CT molecular complexity index is 848. The van der Waals surface area contributed by atoms with Crippen molar-refractivity contribution in [3.05, 3.63) is 106 Å². The number of halogens is 2. The van der Waals surface area contributed by atoms with Crippen molar-refractivity contribution in [2.45, 2.75) is 26.7 Å². The summed E-state index contributed by atoms with van der Waals surface area (Å²) in [6.07, 6.45) is 1.10. The van der Waals surface area contributed by atoms with E-state index >= 15 is 0 Å². The van der Waals surface area contributed by atoms with Crippen LogP contribution in [0.25, 0.3) is 0 Å². The Kier molecular flexibility index (Phi) is 4.75. The predicted octanol–water partition coefficient (Wildman–Crippen LogP) is 5.76. The Balaban J connectivity index is 1.76. The first-order valence-corrected chi connectivity index (χ1v) is 8.09. The summed E-state index contributed by atoms with van der Waals surface area (Å²) in [5.74, 6) is -0.482. The summed E-state index contributed by atoms with van der Waals surface area (Å²) in [5, 5.41) is 0. The average molecular weight is 322 g/mol. The third kappa shape index (κ3) is 3.88. The van der Waals surface area contributed by atoms with Crippen LogP contribution in [0.5, 0.6) is 0 Å². The molecule has 0 heterocycles. The lowest BCUT2D eigenvalue weighted by Gasteiger charge is -2.08. The first-order chi connectivity index (χ1) is 11.5. The number of benzene rings is 3. The van der Waals surface area contributed by atoms with Gasteiger partial charge in [-0.05, 0) is 60.2 Å². The molecule has 0 radical (unpaired) electrons. The Labute approximate surface area is 141 Å². The van der Waals surface area contributed by atoms with Crippen molar-refractivity contribution in [2.24, 2.45) is 0 Å². The van der Waals surface area contributed by atoms with E-state index < -0.39 is 0 Å². The summed E-state index contributed by atoms with van der Waals surface area (Å²) in [7, 11) is 0. The van der Waals surface area contributed by atoms with E-state index in [1.807, 2.05) is 19.1 Å². The summed E-state index contributed by atoms with van der Waals surface area (Å²) in [6, 6.07) is 18.6. The van der Waals surface area contributed by atoms with E-state index in [0.29, 0.717) is 24.0 Å². The summed E-state index contributed by atoms with van der Waals surface area (Å²) in [5.41, 5.74) is 5.29. The molecule has 0 aliphatic carbocycles. The molecule has 0 N–H and O–H groups in total. The number of hydrogen-bond acceptors (Lipinski definition) is 0. The molecule has 2 heteroatoms. The van der Waals surface area contributed by atoms with Crippen LogP contribution in [-0.4, -0.2) is 0 Å². The first kappa shape index (κ1) is 16.4. The summed E-state index contributed by atoms with van der Waals surface area (Å²) >= 11 is 0. The zero-order valence-electron chi connectivity index (χ0n) is 13.9. The molecule has 0 nitrogen and oxygen atoms in total. The second-order valence-electron chi connectivity index (χ2n) is 6.35. The van der Waals surface area contributed by atoms with E-state index in [1.165, 1.54) is 11.6 Å². The van der Waals surface area contributed by atoms with Gasteiger partial charge in [0.15, 0.2) is 0 Å². The van der Waals surface area contributed by atoms with Crippen molar-refractivity contribution in [3.63, 3.8) is 0 Å². The Morgan fingerprint density at radius 1 is 0.625 bits per heavy atom. The molecule has 0 spiro atoms. The topological polar surface area (TPSA) is 0 Å². The maximum absolute atomic E-state index is 14.4. The highest BCUT2D eigenvalue weighted by molar-refractivity contribution is 5.34. The highest BCUT2D eigenvalue weighted by atomic mass is 19.1. The molecule has 122 valence electrons. The van der Waals surface area contributed by atoms with Crippen LogP contribution in [0.1, 0.15) is 33.4 Å². The van der Waals surface area contributed by atoms with Crippen molar-refractivity contribution in [1.29, 1.82) is 0 Å². The zero-order chi connectivity index (χ0) is 17.1. The first-order valence-electron chi connectivity index (χ1n) is 8.09. The van der Waals surface area contributed by atoms with Gasteiger partial charge < -0.3 is 0 Å². The molecule has 0 aliphatic heterocycles. The molecule has 0 aromatic heterocycles. The monoisotopic (exact) mass is 322 g/mol. The van der Waals surface area contributed by atoms with E-state index in [4.69, 9.17) is 0 Å². The second-order valence-corrected chi connectivity index (χ2v) is 6.35. The van der Waals surface area contributed by atoms with E-state index in [0.717, 1.165) is 16.7 Å². The molecule has 0 amide bonds. The molecule has 3 aromatic rings. The van der Waals surface area contributed by atoms with Crippen molar-refractivity contribution in [3.8, 4) is 0 Å². The van der Waals surface area contributed by atoms with Gasteiger partial charge in [0.05, 0.1) is 0 Å². The Morgan fingerprint density at radius 3 is 1.88 bits per heavy atom. The van der Waals surface area contributed by atoms with E-state index in [9.17, 15) is 8.78 Å². The van der Waals surface area contributed by atoms with Crippen LogP contribution in [-0.2, 0) is 12.8 Å². The molecule has 24 heavy (non-hydrogen) atoms. The molecule has 0 atom stereocenters. The van der Waals surface area contributed by atoms with E-state index in [2.05, 4.69) is 24.3 Å². The van der Waals surface area contributed by atoms with Crippen LogP contribution in [0.2, 0.25) is 0 Å². The third-order valence-electron chi connectivity index (χ3n) is 4.28. The minimum atomic E-state index is -0.246. The Morgan fingerprint density at radius 2 is 1.21 bits per heavy atom. The summed E-state index contributed by atoms with van der Waals surface area (Å²) in [6.45, 7) is 3.77. The SMILES string of the molecule is Cc1ccc(Cc2ccc(Cc3ccc(C)c(F)c3)c(F)c2)cc1. The van der Waals surface area contributed by atoms with Crippen LogP contribution < -0.4 is 0 Å². The van der Waals surface area contributed by atoms with Crippen molar-refractivity contribution in [1.82, 2.24) is 0 Å². The molecule has 0 saturated carbocycles. The molecule has 0 aliphatic rings. The third-order valence-corrected chi connectivity index (χ3v) is 4.28. The molecular formula is C22H20F2. The van der Waals surface area contributed by atoms with Crippen molar-refractivity contribution < 1.29 is 8.78 Å². The summed E-state index contributed by atoms with van der Waals surface area (Å²) in [4.78, 5) is 0. The van der Waals surface area contributed by atoms with Crippen molar-refractivity contribution in [2.75, 3.05) is 0 Å². The predicted molar refractivity (Wildman–Crippen MR) is 94.3 cm³/mol. The van der Waals surface area contributed by atoms with Gasteiger partial charge in [0.1, 0.15) is 11.6 Å². The standard InChI is InChI=1S/C22H20F2/c1-15-3-6-17(7-4-15)11-18-9-10-20(22(24)14-18)12-19-8-5-16(2)21(23)13-19/h3-10,13-14H,11-12H2,1-2H3. The minimum Gasteiger partial charge on any atom is -0.207 e. The van der Waals surface area contributed by atoms with Gasteiger partial charge in [-0.2, -0.15) is 0 Å². The molecule has 3 rings (SSSR count). The number of aryl methyl sites for hydroxylation is 2. The van der Waals surface area contributed by atoms with Crippen LogP contribution in [0.15, 0.2) is 60.7 Å². The lowest BCUT2D eigenvalue weighted by atomic mass is 9.99. The molecule has 0 bridgehead atoms. The number of rotatable bonds is 4. The van der Waals surface area contributed by atoms with Crippen LogP contribution in [0, 0.1) is 25.5 Å². The lowest BCUT2D eigenvalue weighted by Crippen LogP contribution is -1.97. The maximum atomic E-state index is 14.4. The van der Waals surface area contributed by atoms with E-state index in [1.54, 1.807) is 25.1 Å². The van der Waals surface area contributed by atoms with Gasteiger partial charge in [0.25, 0.3) is 0 Å². The van der Waals surface area contributed by atoms with Gasteiger partial charge in [0.2, 0.25) is 0 Å². The largest absolute Gasteiger partial charge is 0.207 e. The molecule has 3 aromatic carbocycles. The molecule has 0 unspecified atom stereocenters. The number of hydrogen-bond donors (Lipinski definition) is 0. The molecule has 0 saturated heterocycles. The molecular weight excluding hydrogens is 302 g/mol. The fourth-order valence-corrected chi connectivity index (χ4v) is 2.75. The average Bonchev–Trinajstić information content (AvgIpc) is 2.56. The highest BCUT2D eigenvalue weighted by Crippen LogP contribution is 2.19. The highest BCUT2D eigenvalue weighted by Gasteiger charge is 2.07. The van der Waals surface area contributed by atoms with Gasteiger partial charge in [-0.15, -0.1) is 0 Å². The van der Waals surface area contributed by atoms with Crippen LogP contribution >= 0.6 is 0 Å². The van der Waals surface area contributed by atoms with Crippen LogP contribution in [0.3, 0.4) is 0 Å². The Hall–Kier alpha value is -2.48. The minimum absolute atomic E-state index is 0.236. The quantitative estimate of drug-likeness (QED) is 0.572. The zero-order valence-corrected chi connectivity index (χ0v) is 13.9. The molecule has 0 fully saturated rings. The lowest BCUT2D eigenvalue weighted by molar-refractivity contribution is 0.607. The van der Waals surface area contributed by atoms with Crippen LogP contribution in [0.4, 0.5) is 8.78 Å². The maximum Gasteiger partial charge on any atom is 0.127 e. The van der Waals surface area contributed by atoms with Gasteiger partial charge in [-0.25, -0.2) is 8.78 Å². The normalized spacial score (nSPS) is 10.8. The van der Waals surface area contributed by atoms with E-state index in [-0.39, 0.29) is 11.6 Å². The smallest absolute Gasteiger partial charge is 0.127 e. The fraction of sp³-hybridized carbons (Fsp3) is 0.182.